The molecule has 4 heteroatoms. The molecule has 1 N–H and O–H groups in total. The fraction of sp³-hybridized carbons (Fsp3) is 0.538. The first-order valence-electron chi connectivity index (χ1n) is 6.18. The minimum atomic E-state index is 0.344. The summed E-state index contributed by atoms with van der Waals surface area (Å²) in [6, 6.07) is 6.20. The first-order chi connectivity index (χ1) is 8.33. The maximum Gasteiger partial charge on any atom is 0.231 e. The standard InChI is InChI=1S/C13H18N2O2/c1-10-7-14-4-5-15(8-10)11-2-3-12-13(6-11)17-9-16-12/h2-3,6,10,14H,4-5,7-9H2,1H3. The van der Waals surface area contributed by atoms with Crippen LogP contribution in [0.5, 0.6) is 11.5 Å². The summed E-state index contributed by atoms with van der Waals surface area (Å²) in [4.78, 5) is 2.41. The largest absolute Gasteiger partial charge is 0.454 e. The van der Waals surface area contributed by atoms with Gasteiger partial charge in [0.25, 0.3) is 0 Å². The molecule has 1 fully saturated rings. The van der Waals surface area contributed by atoms with E-state index < -0.39 is 0 Å². The number of anilines is 1. The summed E-state index contributed by atoms with van der Waals surface area (Å²) >= 11 is 0. The summed E-state index contributed by atoms with van der Waals surface area (Å²) in [6.07, 6.45) is 0. The summed E-state index contributed by atoms with van der Waals surface area (Å²) in [7, 11) is 0. The average molecular weight is 234 g/mol. The predicted octanol–water partition coefficient (Wildman–Crippen LogP) is 1.46. The predicted molar refractivity (Wildman–Crippen MR) is 66.8 cm³/mol. The Morgan fingerprint density at radius 2 is 2.18 bits per heavy atom. The van der Waals surface area contributed by atoms with Crippen LogP contribution in [-0.2, 0) is 0 Å². The Hall–Kier alpha value is -1.42. The molecule has 17 heavy (non-hydrogen) atoms. The van der Waals surface area contributed by atoms with Crippen LogP contribution >= 0.6 is 0 Å². The number of hydrogen-bond donors (Lipinski definition) is 1. The van der Waals surface area contributed by atoms with E-state index >= 15 is 0 Å². The molecule has 2 aliphatic heterocycles. The average Bonchev–Trinajstić information content (AvgIpc) is 2.69. The van der Waals surface area contributed by atoms with Crippen molar-refractivity contribution in [1.82, 2.24) is 5.32 Å². The van der Waals surface area contributed by atoms with Gasteiger partial charge in [0, 0.05) is 31.4 Å². The molecule has 92 valence electrons. The number of nitrogens with one attached hydrogen (secondary N) is 1. The Kier molecular flexibility index (Phi) is 2.81. The monoisotopic (exact) mass is 234 g/mol. The molecule has 0 saturated carbocycles. The van der Waals surface area contributed by atoms with Crippen molar-refractivity contribution >= 4 is 5.69 Å². The van der Waals surface area contributed by atoms with Gasteiger partial charge in [-0.2, -0.15) is 0 Å². The van der Waals surface area contributed by atoms with Crippen molar-refractivity contribution in [3.8, 4) is 11.5 Å². The lowest BCUT2D eigenvalue weighted by molar-refractivity contribution is 0.174. The van der Waals surface area contributed by atoms with Crippen molar-refractivity contribution in [2.75, 3.05) is 37.9 Å². The zero-order valence-electron chi connectivity index (χ0n) is 10.1. The SMILES string of the molecule is CC1CNCCN(c2ccc3c(c2)OCO3)C1. The van der Waals surface area contributed by atoms with E-state index in [-0.39, 0.29) is 0 Å². The van der Waals surface area contributed by atoms with Crippen LogP contribution in [0.1, 0.15) is 6.92 Å². The molecule has 1 atom stereocenters. The van der Waals surface area contributed by atoms with Gasteiger partial charge in [-0.15, -0.1) is 0 Å². The third kappa shape index (κ3) is 2.17. The summed E-state index contributed by atoms with van der Waals surface area (Å²) in [6.45, 7) is 6.89. The van der Waals surface area contributed by atoms with Gasteiger partial charge in [-0.3, -0.25) is 0 Å². The molecule has 0 spiro atoms. The summed E-state index contributed by atoms with van der Waals surface area (Å²) in [5.74, 6) is 2.39. The van der Waals surface area contributed by atoms with Crippen LogP contribution in [-0.4, -0.2) is 33.0 Å². The van der Waals surface area contributed by atoms with Crippen molar-refractivity contribution in [3.63, 3.8) is 0 Å². The number of nitrogens with zero attached hydrogens (tertiary/aromatic N) is 1. The van der Waals surface area contributed by atoms with Crippen LogP contribution in [0.15, 0.2) is 18.2 Å². The van der Waals surface area contributed by atoms with Crippen LogP contribution in [0, 0.1) is 5.92 Å². The minimum Gasteiger partial charge on any atom is -0.454 e. The van der Waals surface area contributed by atoms with Gasteiger partial charge in [0.1, 0.15) is 0 Å². The third-order valence-electron chi connectivity index (χ3n) is 3.30. The first kappa shape index (κ1) is 10.7. The van der Waals surface area contributed by atoms with Gasteiger partial charge in [0.05, 0.1) is 0 Å². The number of ether oxygens (including phenoxy) is 2. The fourth-order valence-corrected chi connectivity index (χ4v) is 2.41. The fourth-order valence-electron chi connectivity index (χ4n) is 2.41. The number of rotatable bonds is 1. The zero-order valence-corrected chi connectivity index (χ0v) is 10.1. The summed E-state index contributed by atoms with van der Waals surface area (Å²) in [5, 5.41) is 3.45. The molecule has 1 aromatic carbocycles. The van der Waals surface area contributed by atoms with E-state index in [9.17, 15) is 0 Å². The molecule has 0 aromatic heterocycles. The maximum absolute atomic E-state index is 5.42. The topological polar surface area (TPSA) is 33.7 Å². The molecule has 1 saturated heterocycles. The highest BCUT2D eigenvalue weighted by Gasteiger charge is 2.18. The van der Waals surface area contributed by atoms with Crippen molar-refractivity contribution < 1.29 is 9.47 Å². The van der Waals surface area contributed by atoms with E-state index in [2.05, 4.69) is 29.3 Å². The lowest BCUT2D eigenvalue weighted by Gasteiger charge is -2.24. The quantitative estimate of drug-likeness (QED) is 0.797. The van der Waals surface area contributed by atoms with E-state index in [1.165, 1.54) is 5.69 Å². The molecule has 0 amide bonds. The zero-order chi connectivity index (χ0) is 11.7. The van der Waals surface area contributed by atoms with Gasteiger partial charge < -0.3 is 19.7 Å². The normalized spacial score (nSPS) is 23.6. The molecule has 1 aromatic rings. The van der Waals surface area contributed by atoms with Crippen LogP contribution in [0.3, 0.4) is 0 Å². The van der Waals surface area contributed by atoms with Gasteiger partial charge >= 0.3 is 0 Å². The highest BCUT2D eigenvalue weighted by Crippen LogP contribution is 2.35. The van der Waals surface area contributed by atoms with E-state index in [4.69, 9.17) is 9.47 Å². The first-order valence-corrected chi connectivity index (χ1v) is 6.18. The second-order valence-electron chi connectivity index (χ2n) is 4.79. The Bertz CT molecular complexity index is 408. The molecule has 3 rings (SSSR count). The van der Waals surface area contributed by atoms with Crippen LogP contribution < -0.4 is 19.7 Å². The molecule has 0 aliphatic carbocycles. The van der Waals surface area contributed by atoms with Gasteiger partial charge in [0.2, 0.25) is 6.79 Å². The number of hydrogen-bond acceptors (Lipinski definition) is 4. The van der Waals surface area contributed by atoms with E-state index in [0.717, 1.165) is 37.7 Å². The number of benzene rings is 1. The van der Waals surface area contributed by atoms with Gasteiger partial charge in [-0.1, -0.05) is 6.92 Å². The van der Waals surface area contributed by atoms with Crippen molar-refractivity contribution in [2.45, 2.75) is 6.92 Å². The van der Waals surface area contributed by atoms with Crippen LogP contribution in [0.4, 0.5) is 5.69 Å². The van der Waals surface area contributed by atoms with Crippen LogP contribution in [0.2, 0.25) is 0 Å². The molecular weight excluding hydrogens is 216 g/mol. The molecular formula is C13H18N2O2. The maximum atomic E-state index is 5.42. The molecule has 1 unspecified atom stereocenters. The Morgan fingerprint density at radius 1 is 1.29 bits per heavy atom. The van der Waals surface area contributed by atoms with Crippen LogP contribution in [0.25, 0.3) is 0 Å². The number of fused-ring (bicyclic) bond motifs is 1. The van der Waals surface area contributed by atoms with Crippen molar-refractivity contribution in [2.24, 2.45) is 5.92 Å². The Labute approximate surface area is 102 Å². The highest BCUT2D eigenvalue weighted by atomic mass is 16.7. The van der Waals surface area contributed by atoms with Crippen molar-refractivity contribution in [1.29, 1.82) is 0 Å². The Morgan fingerprint density at radius 3 is 3.12 bits per heavy atom. The van der Waals surface area contributed by atoms with Gasteiger partial charge in [0.15, 0.2) is 11.5 Å². The third-order valence-corrected chi connectivity index (χ3v) is 3.30. The molecule has 2 aliphatic rings. The van der Waals surface area contributed by atoms with Gasteiger partial charge in [-0.05, 0) is 24.6 Å². The summed E-state index contributed by atoms with van der Waals surface area (Å²) < 4.78 is 10.8. The minimum absolute atomic E-state index is 0.344. The van der Waals surface area contributed by atoms with E-state index in [1.54, 1.807) is 0 Å². The second-order valence-corrected chi connectivity index (χ2v) is 4.79. The lowest BCUT2D eigenvalue weighted by Crippen LogP contribution is -2.29. The summed E-state index contributed by atoms with van der Waals surface area (Å²) in [5.41, 5.74) is 1.23. The molecule has 2 heterocycles. The molecule has 0 radical (unpaired) electrons. The Balaban J connectivity index is 1.82. The molecule has 0 bridgehead atoms. The lowest BCUT2D eigenvalue weighted by atomic mass is 10.1. The van der Waals surface area contributed by atoms with E-state index in [1.807, 2.05) is 6.07 Å². The highest BCUT2D eigenvalue weighted by molar-refractivity contribution is 5.57. The smallest absolute Gasteiger partial charge is 0.231 e. The van der Waals surface area contributed by atoms with E-state index in [0.29, 0.717) is 12.7 Å². The second kappa shape index (κ2) is 4.45. The van der Waals surface area contributed by atoms with Crippen molar-refractivity contribution in [3.05, 3.63) is 18.2 Å². The van der Waals surface area contributed by atoms with Gasteiger partial charge in [-0.25, -0.2) is 0 Å². The molecule has 4 nitrogen and oxygen atoms in total.